The van der Waals surface area contributed by atoms with E-state index in [1.54, 1.807) is 0 Å². The van der Waals surface area contributed by atoms with E-state index < -0.39 is 0 Å². The molecule has 0 unspecified atom stereocenters. The van der Waals surface area contributed by atoms with Gasteiger partial charge in [0.2, 0.25) is 0 Å². The van der Waals surface area contributed by atoms with Crippen molar-refractivity contribution in [2.45, 2.75) is 37.5 Å². The lowest BCUT2D eigenvalue weighted by molar-refractivity contribution is 0.519. The first-order chi connectivity index (χ1) is 6.85. The van der Waals surface area contributed by atoms with Crippen LogP contribution in [-0.4, -0.2) is 5.75 Å². The number of hydrogen-bond donors (Lipinski definition) is 0. The zero-order valence-corrected chi connectivity index (χ0v) is 9.65. The largest absolute Gasteiger partial charge is 0.126 e. The lowest BCUT2D eigenvalue weighted by atomic mass is 10.0. The van der Waals surface area contributed by atoms with E-state index >= 15 is 0 Å². The molecule has 0 amide bonds. The highest BCUT2D eigenvalue weighted by Crippen LogP contribution is 2.52. The zero-order chi connectivity index (χ0) is 9.86. The molecule has 1 aliphatic carbocycles. The lowest BCUT2D eigenvalue weighted by Gasteiger charge is -2.12. The first-order valence-corrected chi connectivity index (χ1v) is 6.51. The van der Waals surface area contributed by atoms with Crippen molar-refractivity contribution in [3.63, 3.8) is 0 Å². The van der Waals surface area contributed by atoms with Crippen LogP contribution in [0.2, 0.25) is 0 Å². The Labute approximate surface area is 91.1 Å². The van der Waals surface area contributed by atoms with Crippen LogP contribution in [0.4, 0.5) is 0 Å². The number of benzene rings is 1. The van der Waals surface area contributed by atoms with Gasteiger partial charge in [0, 0.05) is 10.6 Å². The van der Waals surface area contributed by atoms with Gasteiger partial charge in [-0.15, -0.1) is 11.8 Å². The zero-order valence-electron chi connectivity index (χ0n) is 8.83. The van der Waals surface area contributed by atoms with Gasteiger partial charge in [0.15, 0.2) is 0 Å². The molecule has 0 saturated heterocycles. The summed E-state index contributed by atoms with van der Waals surface area (Å²) >= 11 is 2.03. The van der Waals surface area contributed by atoms with Crippen molar-refractivity contribution in [1.29, 1.82) is 0 Å². The predicted molar refractivity (Wildman–Crippen MR) is 63.7 cm³/mol. The summed E-state index contributed by atoms with van der Waals surface area (Å²) in [6.45, 7) is 2.30. The Hall–Kier alpha value is -0.430. The molecule has 0 heterocycles. The molecule has 1 aliphatic rings. The van der Waals surface area contributed by atoms with Crippen molar-refractivity contribution in [3.8, 4) is 0 Å². The summed E-state index contributed by atoms with van der Waals surface area (Å²) < 4.78 is 0. The normalized spacial score (nSPS) is 18.1. The molecular formula is C13H18S. The Kier molecular flexibility index (Phi) is 3.17. The van der Waals surface area contributed by atoms with Crippen LogP contribution in [0.15, 0.2) is 35.2 Å². The average Bonchev–Trinajstić information content (AvgIpc) is 2.98. The van der Waals surface area contributed by atoms with E-state index in [-0.39, 0.29) is 0 Å². The Morgan fingerprint density at radius 2 is 1.93 bits per heavy atom. The fourth-order valence-electron chi connectivity index (χ4n) is 1.93. The fourth-order valence-corrected chi connectivity index (χ4v) is 3.18. The SMILES string of the molecule is CCCC1(CSc2ccccc2)CC1. The molecule has 0 atom stereocenters. The first-order valence-electron chi connectivity index (χ1n) is 5.52. The topological polar surface area (TPSA) is 0 Å². The lowest BCUT2D eigenvalue weighted by Crippen LogP contribution is -2.02. The van der Waals surface area contributed by atoms with E-state index in [2.05, 4.69) is 37.3 Å². The van der Waals surface area contributed by atoms with Gasteiger partial charge in [-0.2, -0.15) is 0 Å². The molecule has 1 saturated carbocycles. The Balaban J connectivity index is 1.83. The van der Waals surface area contributed by atoms with Crippen molar-refractivity contribution in [1.82, 2.24) is 0 Å². The Morgan fingerprint density at radius 1 is 1.21 bits per heavy atom. The van der Waals surface area contributed by atoms with Gasteiger partial charge in [0.25, 0.3) is 0 Å². The van der Waals surface area contributed by atoms with Crippen molar-refractivity contribution >= 4 is 11.8 Å². The minimum absolute atomic E-state index is 0.718. The van der Waals surface area contributed by atoms with Crippen LogP contribution in [0.5, 0.6) is 0 Å². The molecule has 1 heteroatoms. The highest BCUT2D eigenvalue weighted by Gasteiger charge is 2.41. The molecule has 0 aliphatic heterocycles. The maximum atomic E-state index is 2.30. The molecular weight excluding hydrogens is 188 g/mol. The molecule has 2 rings (SSSR count). The first kappa shape index (κ1) is 10.1. The highest BCUT2D eigenvalue weighted by molar-refractivity contribution is 7.99. The number of hydrogen-bond acceptors (Lipinski definition) is 1. The van der Waals surface area contributed by atoms with E-state index in [9.17, 15) is 0 Å². The van der Waals surface area contributed by atoms with E-state index in [0.29, 0.717) is 0 Å². The summed E-state index contributed by atoms with van der Waals surface area (Å²) in [6, 6.07) is 10.8. The molecule has 0 nitrogen and oxygen atoms in total. The van der Waals surface area contributed by atoms with Crippen molar-refractivity contribution in [2.75, 3.05) is 5.75 Å². The predicted octanol–water partition coefficient (Wildman–Crippen LogP) is 4.36. The highest BCUT2D eigenvalue weighted by atomic mass is 32.2. The second-order valence-corrected chi connectivity index (χ2v) is 5.40. The fraction of sp³-hybridized carbons (Fsp3) is 0.538. The summed E-state index contributed by atoms with van der Waals surface area (Å²) in [4.78, 5) is 1.43. The van der Waals surface area contributed by atoms with Gasteiger partial charge in [-0.05, 0) is 36.8 Å². The van der Waals surface area contributed by atoms with Crippen LogP contribution >= 0.6 is 11.8 Å². The van der Waals surface area contributed by atoms with Crippen LogP contribution in [0.3, 0.4) is 0 Å². The van der Waals surface area contributed by atoms with Crippen molar-refractivity contribution < 1.29 is 0 Å². The summed E-state index contributed by atoms with van der Waals surface area (Å²) in [6.07, 6.45) is 5.68. The van der Waals surface area contributed by atoms with Crippen molar-refractivity contribution in [2.24, 2.45) is 5.41 Å². The summed E-state index contributed by atoms with van der Waals surface area (Å²) in [5, 5.41) is 0. The Morgan fingerprint density at radius 3 is 2.50 bits per heavy atom. The smallest absolute Gasteiger partial charge is 0.00721 e. The van der Waals surface area contributed by atoms with Gasteiger partial charge in [-0.3, -0.25) is 0 Å². The summed E-state index contributed by atoms with van der Waals surface area (Å²) in [5.41, 5.74) is 0.718. The minimum Gasteiger partial charge on any atom is -0.126 e. The molecule has 0 aromatic heterocycles. The van der Waals surface area contributed by atoms with E-state index in [0.717, 1.165) is 5.41 Å². The van der Waals surface area contributed by atoms with Crippen LogP contribution in [0.25, 0.3) is 0 Å². The van der Waals surface area contributed by atoms with Gasteiger partial charge < -0.3 is 0 Å². The molecule has 14 heavy (non-hydrogen) atoms. The van der Waals surface area contributed by atoms with E-state index in [4.69, 9.17) is 0 Å². The van der Waals surface area contributed by atoms with Crippen LogP contribution in [0.1, 0.15) is 32.6 Å². The molecule has 0 radical (unpaired) electrons. The van der Waals surface area contributed by atoms with Gasteiger partial charge in [-0.1, -0.05) is 31.5 Å². The average molecular weight is 206 g/mol. The third-order valence-corrected chi connectivity index (χ3v) is 4.39. The van der Waals surface area contributed by atoms with Crippen LogP contribution in [0, 0.1) is 5.41 Å². The Bertz CT molecular complexity index is 275. The molecule has 1 fully saturated rings. The number of rotatable bonds is 5. The monoisotopic (exact) mass is 206 g/mol. The maximum Gasteiger partial charge on any atom is 0.00721 e. The molecule has 1 aromatic carbocycles. The van der Waals surface area contributed by atoms with Gasteiger partial charge >= 0.3 is 0 Å². The third-order valence-electron chi connectivity index (χ3n) is 3.03. The van der Waals surface area contributed by atoms with Crippen LogP contribution < -0.4 is 0 Å². The second-order valence-electron chi connectivity index (χ2n) is 4.35. The maximum absolute atomic E-state index is 2.30. The molecule has 0 N–H and O–H groups in total. The molecule has 1 aromatic rings. The minimum atomic E-state index is 0.718. The van der Waals surface area contributed by atoms with E-state index in [1.807, 2.05) is 11.8 Å². The second kappa shape index (κ2) is 4.39. The quantitative estimate of drug-likeness (QED) is 0.645. The van der Waals surface area contributed by atoms with Gasteiger partial charge in [0.05, 0.1) is 0 Å². The molecule has 0 spiro atoms. The van der Waals surface area contributed by atoms with Crippen molar-refractivity contribution in [3.05, 3.63) is 30.3 Å². The van der Waals surface area contributed by atoms with Crippen LogP contribution in [-0.2, 0) is 0 Å². The molecule has 76 valence electrons. The van der Waals surface area contributed by atoms with E-state index in [1.165, 1.54) is 36.3 Å². The van der Waals surface area contributed by atoms with Gasteiger partial charge in [0.1, 0.15) is 0 Å². The summed E-state index contributed by atoms with van der Waals surface area (Å²) in [7, 11) is 0. The molecule has 0 bridgehead atoms. The van der Waals surface area contributed by atoms with Gasteiger partial charge in [-0.25, -0.2) is 0 Å². The third kappa shape index (κ3) is 2.54. The standard InChI is InChI=1S/C13H18S/c1-2-8-13(9-10-13)11-14-12-6-4-3-5-7-12/h3-7H,2,8-11H2,1H3. The number of thioether (sulfide) groups is 1. The summed E-state index contributed by atoms with van der Waals surface area (Å²) in [5.74, 6) is 1.32.